The van der Waals surface area contributed by atoms with Crippen molar-refractivity contribution < 1.29 is 4.79 Å². The van der Waals surface area contributed by atoms with Gasteiger partial charge in [-0.25, -0.2) is 0 Å². The fourth-order valence-electron chi connectivity index (χ4n) is 2.27. The van der Waals surface area contributed by atoms with E-state index in [1.54, 1.807) is 0 Å². The van der Waals surface area contributed by atoms with Crippen LogP contribution in [0.2, 0.25) is 0 Å². The van der Waals surface area contributed by atoms with E-state index in [1.165, 1.54) is 44.1 Å². The van der Waals surface area contributed by atoms with Crippen molar-refractivity contribution in [2.45, 2.75) is 52.4 Å². The number of hydrogen-bond donors (Lipinski definition) is 0. The molecule has 1 nitrogen and oxygen atoms in total. The van der Waals surface area contributed by atoms with Crippen LogP contribution < -0.4 is 0 Å². The van der Waals surface area contributed by atoms with E-state index in [4.69, 9.17) is 0 Å². The van der Waals surface area contributed by atoms with Gasteiger partial charge < -0.3 is 4.79 Å². The van der Waals surface area contributed by atoms with Crippen molar-refractivity contribution in [1.82, 2.24) is 0 Å². The van der Waals surface area contributed by atoms with Crippen LogP contribution in [0.25, 0.3) is 0 Å². The minimum Gasteiger partial charge on any atom is -0.303 e. The number of carbonyl (C=O) groups is 1. The Kier molecular flexibility index (Phi) is 4.92. The number of allylic oxidation sites excluding steroid dienone is 2. The van der Waals surface area contributed by atoms with Gasteiger partial charge in [-0.2, -0.15) is 0 Å². The molecule has 1 heteroatoms. The lowest BCUT2D eigenvalue weighted by Gasteiger charge is -2.06. The lowest BCUT2D eigenvalue weighted by atomic mass is 10.00. The van der Waals surface area contributed by atoms with Gasteiger partial charge in [-0.15, -0.1) is 0 Å². The van der Waals surface area contributed by atoms with Gasteiger partial charge in [0.25, 0.3) is 0 Å². The molecule has 0 aromatic heterocycles. The van der Waals surface area contributed by atoms with Gasteiger partial charge in [0.05, 0.1) is 0 Å². The quantitative estimate of drug-likeness (QED) is 0.481. The Morgan fingerprint density at radius 1 is 1.57 bits per heavy atom. The molecule has 2 atom stereocenters. The third-order valence-electron chi connectivity index (χ3n) is 3.10. The summed E-state index contributed by atoms with van der Waals surface area (Å²) in [7, 11) is 0. The largest absolute Gasteiger partial charge is 0.303 e. The lowest BCUT2D eigenvalue weighted by Crippen LogP contribution is -1.93. The van der Waals surface area contributed by atoms with Crippen LogP contribution in [0, 0.1) is 11.8 Å². The standard InChI is InChI=1S/C13H22O/c1-3-4-5-12-6-7-13(9-12)8-11(2)10-14/h8,10-12H,3-7,9H2,1-2H3. The van der Waals surface area contributed by atoms with Crippen molar-refractivity contribution in [3.05, 3.63) is 11.6 Å². The van der Waals surface area contributed by atoms with Crippen LogP contribution in [0.5, 0.6) is 0 Å². The van der Waals surface area contributed by atoms with E-state index in [9.17, 15) is 4.79 Å². The molecule has 0 aromatic rings. The molecular weight excluding hydrogens is 172 g/mol. The molecule has 0 N–H and O–H groups in total. The first-order chi connectivity index (χ1) is 6.76. The molecule has 0 saturated heterocycles. The predicted octanol–water partition coefficient (Wildman–Crippen LogP) is 3.74. The molecule has 1 aliphatic carbocycles. The summed E-state index contributed by atoms with van der Waals surface area (Å²) in [5.74, 6) is 1.02. The van der Waals surface area contributed by atoms with Crippen molar-refractivity contribution in [2.75, 3.05) is 0 Å². The minimum atomic E-state index is 0.120. The average molecular weight is 194 g/mol. The van der Waals surface area contributed by atoms with Crippen molar-refractivity contribution in [1.29, 1.82) is 0 Å². The van der Waals surface area contributed by atoms with Crippen LogP contribution in [0.3, 0.4) is 0 Å². The van der Waals surface area contributed by atoms with Crippen molar-refractivity contribution in [3.8, 4) is 0 Å². The van der Waals surface area contributed by atoms with Crippen LogP contribution >= 0.6 is 0 Å². The van der Waals surface area contributed by atoms with E-state index in [-0.39, 0.29) is 5.92 Å². The van der Waals surface area contributed by atoms with Crippen LogP contribution in [-0.4, -0.2) is 6.29 Å². The fourth-order valence-corrected chi connectivity index (χ4v) is 2.27. The topological polar surface area (TPSA) is 17.1 Å². The predicted molar refractivity (Wildman–Crippen MR) is 60.2 cm³/mol. The Labute approximate surface area is 87.6 Å². The van der Waals surface area contributed by atoms with Gasteiger partial charge in [0.15, 0.2) is 0 Å². The highest BCUT2D eigenvalue weighted by molar-refractivity contribution is 5.56. The molecule has 0 aliphatic heterocycles. The van der Waals surface area contributed by atoms with E-state index in [2.05, 4.69) is 13.0 Å². The minimum absolute atomic E-state index is 0.120. The Hall–Kier alpha value is -0.590. The van der Waals surface area contributed by atoms with Gasteiger partial charge in [-0.1, -0.05) is 44.8 Å². The third kappa shape index (κ3) is 3.65. The van der Waals surface area contributed by atoms with Crippen LogP contribution in [-0.2, 0) is 4.79 Å². The zero-order valence-corrected chi connectivity index (χ0v) is 9.46. The highest BCUT2D eigenvalue weighted by Gasteiger charge is 2.18. The van der Waals surface area contributed by atoms with Gasteiger partial charge in [-0.05, 0) is 25.2 Å². The van der Waals surface area contributed by atoms with E-state index >= 15 is 0 Å². The summed E-state index contributed by atoms with van der Waals surface area (Å²) >= 11 is 0. The van der Waals surface area contributed by atoms with Crippen molar-refractivity contribution in [2.24, 2.45) is 11.8 Å². The molecule has 14 heavy (non-hydrogen) atoms. The summed E-state index contributed by atoms with van der Waals surface area (Å²) in [5.41, 5.74) is 1.52. The summed E-state index contributed by atoms with van der Waals surface area (Å²) in [6.45, 7) is 4.22. The Morgan fingerprint density at radius 3 is 3.00 bits per heavy atom. The molecule has 0 amide bonds. The van der Waals surface area contributed by atoms with Crippen LogP contribution in [0.1, 0.15) is 52.4 Å². The molecule has 1 aliphatic rings. The summed E-state index contributed by atoms with van der Waals surface area (Å²) in [6, 6.07) is 0. The highest BCUT2D eigenvalue weighted by atomic mass is 16.1. The zero-order valence-electron chi connectivity index (χ0n) is 9.46. The van der Waals surface area contributed by atoms with Gasteiger partial charge in [0, 0.05) is 5.92 Å². The van der Waals surface area contributed by atoms with Gasteiger partial charge in [-0.3, -0.25) is 0 Å². The number of hydrogen-bond acceptors (Lipinski definition) is 1. The van der Waals surface area contributed by atoms with E-state index < -0.39 is 0 Å². The Balaban J connectivity index is 2.33. The number of aldehydes is 1. The molecular formula is C13H22O. The maximum atomic E-state index is 10.5. The molecule has 0 radical (unpaired) electrons. The van der Waals surface area contributed by atoms with Gasteiger partial charge in [0.1, 0.15) is 6.29 Å². The van der Waals surface area contributed by atoms with E-state index in [0.29, 0.717) is 0 Å². The first-order valence-corrected chi connectivity index (χ1v) is 5.91. The fraction of sp³-hybridized carbons (Fsp3) is 0.769. The van der Waals surface area contributed by atoms with Gasteiger partial charge >= 0.3 is 0 Å². The number of carbonyl (C=O) groups excluding carboxylic acids is 1. The SMILES string of the molecule is CCCCC1CCC(=CC(C)C=O)C1. The Morgan fingerprint density at radius 2 is 2.36 bits per heavy atom. The first-order valence-electron chi connectivity index (χ1n) is 5.91. The smallest absolute Gasteiger partial charge is 0.126 e. The first kappa shape index (κ1) is 11.5. The van der Waals surface area contributed by atoms with E-state index in [0.717, 1.165) is 12.2 Å². The molecule has 0 spiro atoms. The van der Waals surface area contributed by atoms with Crippen molar-refractivity contribution in [3.63, 3.8) is 0 Å². The van der Waals surface area contributed by atoms with Crippen molar-refractivity contribution >= 4 is 6.29 Å². The van der Waals surface area contributed by atoms with Crippen LogP contribution in [0.15, 0.2) is 11.6 Å². The lowest BCUT2D eigenvalue weighted by molar-refractivity contribution is -0.109. The number of unbranched alkanes of at least 4 members (excludes halogenated alkanes) is 1. The second kappa shape index (κ2) is 6.00. The molecule has 0 bridgehead atoms. The van der Waals surface area contributed by atoms with Crippen LogP contribution in [0.4, 0.5) is 0 Å². The van der Waals surface area contributed by atoms with Gasteiger partial charge in [0.2, 0.25) is 0 Å². The summed E-state index contributed by atoms with van der Waals surface area (Å²) < 4.78 is 0. The Bertz CT molecular complexity index is 205. The second-order valence-corrected chi connectivity index (χ2v) is 4.57. The summed E-state index contributed by atoms with van der Waals surface area (Å²) in [6.07, 6.45) is 11.1. The average Bonchev–Trinajstić information content (AvgIpc) is 2.62. The molecule has 1 fully saturated rings. The molecule has 1 saturated carbocycles. The highest BCUT2D eigenvalue weighted by Crippen LogP contribution is 2.34. The molecule has 1 rings (SSSR count). The third-order valence-corrected chi connectivity index (χ3v) is 3.10. The zero-order chi connectivity index (χ0) is 10.4. The summed E-state index contributed by atoms with van der Waals surface area (Å²) in [5, 5.41) is 0. The molecule has 0 heterocycles. The molecule has 80 valence electrons. The maximum Gasteiger partial charge on any atom is 0.126 e. The molecule has 2 unspecified atom stereocenters. The molecule has 0 aromatic carbocycles. The second-order valence-electron chi connectivity index (χ2n) is 4.57. The normalized spacial score (nSPS) is 26.7. The maximum absolute atomic E-state index is 10.5. The monoisotopic (exact) mass is 194 g/mol. The summed E-state index contributed by atoms with van der Waals surface area (Å²) in [4.78, 5) is 10.5. The van der Waals surface area contributed by atoms with E-state index in [1.807, 2.05) is 6.92 Å². The number of rotatable bonds is 5.